The van der Waals surface area contributed by atoms with Gasteiger partial charge in [0.25, 0.3) is 5.91 Å². The molecule has 2 aliphatic heterocycles. The van der Waals surface area contributed by atoms with E-state index in [0.717, 1.165) is 19.5 Å². The Morgan fingerprint density at radius 1 is 1.00 bits per heavy atom. The number of methoxy groups -OCH3 is 1. The zero-order valence-corrected chi connectivity index (χ0v) is 16.1. The number of benzene rings is 1. The fourth-order valence-electron chi connectivity index (χ4n) is 4.06. The first kappa shape index (κ1) is 19.4. The molecule has 1 aromatic rings. The van der Waals surface area contributed by atoms with E-state index in [9.17, 15) is 14.4 Å². The molecule has 1 unspecified atom stereocenters. The summed E-state index contributed by atoms with van der Waals surface area (Å²) < 4.78 is 4.72. The summed E-state index contributed by atoms with van der Waals surface area (Å²) in [5.74, 6) is 0.288. The number of amides is 2. The maximum Gasteiger partial charge on any atom is 0.337 e. The van der Waals surface area contributed by atoms with Crippen LogP contribution in [0.4, 0.5) is 0 Å². The number of ether oxygens (including phenoxy) is 1. The van der Waals surface area contributed by atoms with E-state index in [1.54, 1.807) is 29.2 Å². The lowest BCUT2D eigenvalue weighted by Crippen LogP contribution is -2.47. The molecule has 0 aliphatic carbocycles. The minimum atomic E-state index is -0.454. The minimum Gasteiger partial charge on any atom is -0.465 e. The largest absolute Gasteiger partial charge is 0.465 e. The van der Waals surface area contributed by atoms with Crippen LogP contribution in [0.5, 0.6) is 0 Å². The molecule has 0 saturated carbocycles. The summed E-state index contributed by atoms with van der Waals surface area (Å²) in [5.41, 5.74) is 0.847. The molecule has 2 heterocycles. The van der Waals surface area contributed by atoms with E-state index < -0.39 is 5.97 Å². The van der Waals surface area contributed by atoms with Gasteiger partial charge in [0.05, 0.1) is 12.7 Å². The molecular formula is C21H28N2O4. The van der Waals surface area contributed by atoms with Crippen molar-refractivity contribution in [1.82, 2.24) is 9.80 Å². The molecule has 146 valence electrons. The molecule has 2 amide bonds. The van der Waals surface area contributed by atoms with Crippen molar-refractivity contribution in [2.45, 2.75) is 32.6 Å². The second kappa shape index (κ2) is 8.55. The Hall–Kier alpha value is -2.37. The van der Waals surface area contributed by atoms with E-state index in [1.165, 1.54) is 13.5 Å². The van der Waals surface area contributed by atoms with Crippen LogP contribution in [-0.4, -0.2) is 60.9 Å². The average molecular weight is 372 g/mol. The maximum atomic E-state index is 12.8. The highest BCUT2D eigenvalue weighted by Crippen LogP contribution is 2.24. The average Bonchev–Trinajstić information content (AvgIpc) is 2.72. The molecule has 0 aromatic heterocycles. The van der Waals surface area contributed by atoms with Gasteiger partial charge in [0.2, 0.25) is 5.91 Å². The van der Waals surface area contributed by atoms with Gasteiger partial charge in [0.1, 0.15) is 0 Å². The number of hydrogen-bond acceptors (Lipinski definition) is 4. The molecule has 27 heavy (non-hydrogen) atoms. The Balaban J connectivity index is 1.58. The SMILES string of the molecule is COC(=O)c1cccc(C(=O)N2CCC(C(=O)N3CCCC(C)C3)CC2)c1. The Morgan fingerprint density at radius 2 is 1.70 bits per heavy atom. The zero-order valence-electron chi connectivity index (χ0n) is 16.1. The van der Waals surface area contributed by atoms with E-state index in [-0.39, 0.29) is 17.7 Å². The quantitative estimate of drug-likeness (QED) is 0.765. The maximum absolute atomic E-state index is 12.8. The molecule has 2 aliphatic rings. The summed E-state index contributed by atoms with van der Waals surface area (Å²) in [6, 6.07) is 6.60. The van der Waals surface area contributed by atoms with E-state index in [4.69, 9.17) is 4.74 Å². The third kappa shape index (κ3) is 4.49. The number of carbonyl (C=O) groups excluding carboxylic acids is 3. The Morgan fingerprint density at radius 3 is 2.37 bits per heavy atom. The fraction of sp³-hybridized carbons (Fsp3) is 0.571. The summed E-state index contributed by atoms with van der Waals surface area (Å²) >= 11 is 0. The lowest BCUT2D eigenvalue weighted by atomic mass is 9.92. The number of likely N-dealkylation sites (tertiary alicyclic amines) is 2. The second-order valence-electron chi connectivity index (χ2n) is 7.67. The number of hydrogen-bond donors (Lipinski definition) is 0. The first-order chi connectivity index (χ1) is 13.0. The molecule has 0 bridgehead atoms. The Kier molecular flexibility index (Phi) is 6.14. The monoisotopic (exact) mass is 372 g/mol. The van der Waals surface area contributed by atoms with Crippen LogP contribution in [0.25, 0.3) is 0 Å². The van der Waals surface area contributed by atoms with Crippen LogP contribution in [0.3, 0.4) is 0 Å². The van der Waals surface area contributed by atoms with Crippen LogP contribution < -0.4 is 0 Å². The molecule has 6 heteroatoms. The van der Waals surface area contributed by atoms with E-state index >= 15 is 0 Å². The third-order valence-corrected chi connectivity index (χ3v) is 5.63. The summed E-state index contributed by atoms with van der Waals surface area (Å²) in [6.07, 6.45) is 3.68. The number of nitrogens with zero attached hydrogens (tertiary/aromatic N) is 2. The molecule has 0 N–H and O–H groups in total. The summed E-state index contributed by atoms with van der Waals surface area (Å²) in [7, 11) is 1.32. The highest BCUT2D eigenvalue weighted by Gasteiger charge is 2.32. The van der Waals surface area contributed by atoms with Crippen molar-refractivity contribution in [2.24, 2.45) is 11.8 Å². The number of piperidine rings is 2. The summed E-state index contributed by atoms with van der Waals surface area (Å²) in [6.45, 7) is 5.06. The predicted octanol–water partition coefficient (Wildman–Crippen LogP) is 2.58. The second-order valence-corrected chi connectivity index (χ2v) is 7.67. The van der Waals surface area contributed by atoms with Crippen LogP contribution >= 0.6 is 0 Å². The van der Waals surface area contributed by atoms with Crippen molar-refractivity contribution in [2.75, 3.05) is 33.3 Å². The summed E-state index contributed by atoms with van der Waals surface area (Å²) in [5, 5.41) is 0. The van der Waals surface area contributed by atoms with Gasteiger partial charge < -0.3 is 14.5 Å². The first-order valence-electron chi connectivity index (χ1n) is 9.76. The Bertz CT molecular complexity index is 710. The van der Waals surface area contributed by atoms with Gasteiger partial charge in [-0.3, -0.25) is 9.59 Å². The Labute approximate surface area is 160 Å². The van der Waals surface area contributed by atoms with E-state index in [0.29, 0.717) is 43.0 Å². The van der Waals surface area contributed by atoms with Crippen LogP contribution in [0.2, 0.25) is 0 Å². The van der Waals surface area contributed by atoms with Gasteiger partial charge in [-0.1, -0.05) is 13.0 Å². The molecular weight excluding hydrogens is 344 g/mol. The molecule has 0 radical (unpaired) electrons. The third-order valence-electron chi connectivity index (χ3n) is 5.63. The highest BCUT2D eigenvalue weighted by molar-refractivity contribution is 5.98. The van der Waals surface area contributed by atoms with Gasteiger partial charge >= 0.3 is 5.97 Å². The van der Waals surface area contributed by atoms with Gasteiger partial charge in [0, 0.05) is 37.7 Å². The smallest absolute Gasteiger partial charge is 0.337 e. The molecule has 1 aromatic carbocycles. The zero-order chi connectivity index (χ0) is 19.4. The lowest BCUT2D eigenvalue weighted by molar-refractivity contribution is -0.138. The predicted molar refractivity (Wildman–Crippen MR) is 101 cm³/mol. The van der Waals surface area contributed by atoms with Crippen molar-refractivity contribution < 1.29 is 19.1 Å². The van der Waals surface area contributed by atoms with E-state index in [2.05, 4.69) is 6.92 Å². The van der Waals surface area contributed by atoms with Crippen molar-refractivity contribution in [3.05, 3.63) is 35.4 Å². The molecule has 3 rings (SSSR count). The van der Waals surface area contributed by atoms with E-state index in [1.807, 2.05) is 4.90 Å². The lowest BCUT2D eigenvalue weighted by Gasteiger charge is -2.37. The van der Waals surface area contributed by atoms with Gasteiger partial charge in [-0.2, -0.15) is 0 Å². The van der Waals surface area contributed by atoms with Crippen molar-refractivity contribution in [3.63, 3.8) is 0 Å². The standard InChI is InChI=1S/C21H28N2O4/c1-15-5-4-10-23(14-15)19(24)16-8-11-22(12-9-16)20(25)17-6-3-7-18(13-17)21(26)27-2/h3,6-7,13,15-16H,4-5,8-12,14H2,1-2H3. The molecule has 6 nitrogen and oxygen atoms in total. The fourth-order valence-corrected chi connectivity index (χ4v) is 4.06. The van der Waals surface area contributed by atoms with Crippen molar-refractivity contribution >= 4 is 17.8 Å². The molecule has 2 fully saturated rings. The molecule has 1 atom stereocenters. The highest BCUT2D eigenvalue weighted by atomic mass is 16.5. The van der Waals surface area contributed by atoms with Gasteiger partial charge in [-0.05, 0) is 49.8 Å². The van der Waals surface area contributed by atoms with Crippen molar-refractivity contribution in [3.8, 4) is 0 Å². The topological polar surface area (TPSA) is 66.9 Å². The first-order valence-corrected chi connectivity index (χ1v) is 9.76. The summed E-state index contributed by atoms with van der Waals surface area (Å²) in [4.78, 5) is 41.0. The van der Waals surface area contributed by atoms with Crippen LogP contribution in [0.1, 0.15) is 53.3 Å². The van der Waals surface area contributed by atoms with Gasteiger partial charge in [0.15, 0.2) is 0 Å². The number of esters is 1. The number of carbonyl (C=O) groups is 3. The van der Waals surface area contributed by atoms with Crippen LogP contribution in [-0.2, 0) is 9.53 Å². The molecule has 2 saturated heterocycles. The number of rotatable bonds is 3. The normalized spacial score (nSPS) is 21.0. The minimum absolute atomic E-state index is 0.0146. The molecule has 0 spiro atoms. The van der Waals surface area contributed by atoms with Gasteiger partial charge in [-0.25, -0.2) is 4.79 Å². The van der Waals surface area contributed by atoms with Gasteiger partial charge in [-0.15, -0.1) is 0 Å². The van der Waals surface area contributed by atoms with Crippen LogP contribution in [0.15, 0.2) is 24.3 Å². The van der Waals surface area contributed by atoms with Crippen molar-refractivity contribution in [1.29, 1.82) is 0 Å². The van der Waals surface area contributed by atoms with Crippen LogP contribution in [0, 0.1) is 11.8 Å².